The first-order chi connectivity index (χ1) is 9.15. The molecule has 1 N–H and O–H groups in total. The second-order valence-corrected chi connectivity index (χ2v) is 5.80. The minimum absolute atomic E-state index is 0.218. The van der Waals surface area contributed by atoms with Crippen molar-refractivity contribution in [1.82, 2.24) is 5.32 Å². The van der Waals surface area contributed by atoms with Gasteiger partial charge in [-0.25, -0.2) is 0 Å². The van der Waals surface area contributed by atoms with Crippen molar-refractivity contribution < 1.29 is 9.47 Å². The molecule has 4 heteroatoms. The predicted molar refractivity (Wildman–Crippen MR) is 80.7 cm³/mol. The van der Waals surface area contributed by atoms with Crippen molar-refractivity contribution in [1.29, 1.82) is 0 Å². The Balaban J connectivity index is 2.18. The molecule has 106 valence electrons. The molecule has 1 aromatic carbocycles. The van der Waals surface area contributed by atoms with Gasteiger partial charge in [-0.15, -0.1) is 0 Å². The van der Waals surface area contributed by atoms with E-state index in [0.29, 0.717) is 12.7 Å². The fourth-order valence-electron chi connectivity index (χ4n) is 2.64. The molecular weight excluding hydrogens is 306 g/mol. The molecule has 3 atom stereocenters. The lowest BCUT2D eigenvalue weighted by molar-refractivity contribution is 0.0331. The molecule has 1 fully saturated rings. The van der Waals surface area contributed by atoms with E-state index in [0.717, 1.165) is 23.1 Å². The molecule has 0 saturated carbocycles. The van der Waals surface area contributed by atoms with Crippen molar-refractivity contribution in [3.05, 3.63) is 28.2 Å². The molecule has 0 spiro atoms. The zero-order valence-electron chi connectivity index (χ0n) is 11.8. The standard InChI is InChI=1S/C15H22BrNO2/c1-4-18-11-6-7-12(13(16)9-11)15(17-3)14-8-5-10(2)19-14/h6-7,9-10,14-15,17H,4-5,8H2,1-3H3. The van der Waals surface area contributed by atoms with Gasteiger partial charge in [0.1, 0.15) is 5.75 Å². The summed E-state index contributed by atoms with van der Waals surface area (Å²) >= 11 is 3.65. The van der Waals surface area contributed by atoms with Crippen molar-refractivity contribution in [2.24, 2.45) is 0 Å². The molecule has 0 aliphatic carbocycles. The summed E-state index contributed by atoms with van der Waals surface area (Å²) in [7, 11) is 1.99. The first-order valence-electron chi connectivity index (χ1n) is 6.90. The van der Waals surface area contributed by atoms with Gasteiger partial charge in [0.15, 0.2) is 0 Å². The number of nitrogens with one attached hydrogen (secondary N) is 1. The summed E-state index contributed by atoms with van der Waals surface area (Å²) in [6.07, 6.45) is 2.85. The van der Waals surface area contributed by atoms with Gasteiger partial charge in [-0.3, -0.25) is 0 Å². The molecule has 1 heterocycles. The van der Waals surface area contributed by atoms with Crippen LogP contribution in [0, 0.1) is 0 Å². The zero-order valence-corrected chi connectivity index (χ0v) is 13.4. The highest BCUT2D eigenvalue weighted by Gasteiger charge is 2.30. The van der Waals surface area contributed by atoms with Gasteiger partial charge in [-0.1, -0.05) is 22.0 Å². The van der Waals surface area contributed by atoms with Crippen molar-refractivity contribution in [2.45, 2.75) is 44.9 Å². The maximum atomic E-state index is 5.99. The highest BCUT2D eigenvalue weighted by molar-refractivity contribution is 9.10. The van der Waals surface area contributed by atoms with Gasteiger partial charge in [-0.05, 0) is 51.4 Å². The second kappa shape index (κ2) is 6.73. The van der Waals surface area contributed by atoms with Crippen LogP contribution in [0.1, 0.15) is 38.3 Å². The van der Waals surface area contributed by atoms with Gasteiger partial charge in [0.2, 0.25) is 0 Å². The fraction of sp³-hybridized carbons (Fsp3) is 0.600. The van der Waals surface area contributed by atoms with Crippen molar-refractivity contribution in [2.75, 3.05) is 13.7 Å². The molecular formula is C15H22BrNO2. The average Bonchev–Trinajstić information content (AvgIpc) is 2.80. The van der Waals surface area contributed by atoms with Gasteiger partial charge < -0.3 is 14.8 Å². The van der Waals surface area contributed by atoms with E-state index in [1.807, 2.05) is 26.1 Å². The van der Waals surface area contributed by atoms with Crippen LogP contribution in [0.2, 0.25) is 0 Å². The molecule has 1 aromatic rings. The largest absolute Gasteiger partial charge is 0.494 e. The van der Waals surface area contributed by atoms with Crippen molar-refractivity contribution in [3.63, 3.8) is 0 Å². The Morgan fingerprint density at radius 2 is 2.26 bits per heavy atom. The summed E-state index contributed by atoms with van der Waals surface area (Å²) < 4.78 is 12.6. The van der Waals surface area contributed by atoms with E-state index in [1.54, 1.807) is 0 Å². The summed E-state index contributed by atoms with van der Waals surface area (Å²) in [5.41, 5.74) is 1.23. The lowest BCUT2D eigenvalue weighted by Crippen LogP contribution is -2.29. The normalized spacial score (nSPS) is 24.4. The van der Waals surface area contributed by atoms with E-state index >= 15 is 0 Å². The molecule has 0 amide bonds. The molecule has 1 aliphatic rings. The van der Waals surface area contributed by atoms with Gasteiger partial charge in [0.05, 0.1) is 24.9 Å². The number of likely N-dealkylation sites (N-methyl/N-ethyl adjacent to an activating group) is 1. The molecule has 0 aromatic heterocycles. The summed E-state index contributed by atoms with van der Waals surface area (Å²) in [6, 6.07) is 6.38. The van der Waals surface area contributed by atoms with Gasteiger partial charge in [0.25, 0.3) is 0 Å². The van der Waals surface area contributed by atoms with Crippen LogP contribution in [0.3, 0.4) is 0 Å². The third-order valence-electron chi connectivity index (χ3n) is 3.57. The lowest BCUT2D eigenvalue weighted by atomic mass is 9.99. The third-order valence-corrected chi connectivity index (χ3v) is 4.25. The maximum absolute atomic E-state index is 5.99. The van der Waals surface area contributed by atoms with Crippen molar-refractivity contribution >= 4 is 15.9 Å². The minimum Gasteiger partial charge on any atom is -0.494 e. The van der Waals surface area contributed by atoms with Crippen LogP contribution in [0.25, 0.3) is 0 Å². The minimum atomic E-state index is 0.218. The Hall–Kier alpha value is -0.580. The SMILES string of the molecule is CCOc1ccc(C(NC)C2CCC(C)O2)c(Br)c1. The molecule has 19 heavy (non-hydrogen) atoms. The van der Waals surface area contributed by atoms with Crippen LogP contribution in [0.15, 0.2) is 22.7 Å². The quantitative estimate of drug-likeness (QED) is 0.894. The van der Waals surface area contributed by atoms with Gasteiger partial charge in [-0.2, -0.15) is 0 Å². The Labute approximate surface area is 123 Å². The number of hydrogen-bond acceptors (Lipinski definition) is 3. The highest BCUT2D eigenvalue weighted by atomic mass is 79.9. The lowest BCUT2D eigenvalue weighted by Gasteiger charge is -2.25. The molecule has 0 radical (unpaired) electrons. The number of halogens is 1. The summed E-state index contributed by atoms with van der Waals surface area (Å²) in [4.78, 5) is 0. The molecule has 1 saturated heterocycles. The Morgan fingerprint density at radius 3 is 2.79 bits per heavy atom. The van der Waals surface area contributed by atoms with Crippen molar-refractivity contribution in [3.8, 4) is 5.75 Å². The maximum Gasteiger partial charge on any atom is 0.120 e. The summed E-state index contributed by atoms with van der Waals surface area (Å²) in [5.74, 6) is 0.897. The number of ether oxygens (including phenoxy) is 2. The number of benzene rings is 1. The van der Waals surface area contributed by atoms with Crippen LogP contribution in [0.4, 0.5) is 0 Å². The first-order valence-corrected chi connectivity index (χ1v) is 7.70. The second-order valence-electron chi connectivity index (χ2n) is 4.95. The smallest absolute Gasteiger partial charge is 0.120 e. The van der Waals surface area contributed by atoms with Crippen LogP contribution < -0.4 is 10.1 Å². The molecule has 3 unspecified atom stereocenters. The topological polar surface area (TPSA) is 30.5 Å². The van der Waals surface area contributed by atoms with E-state index in [1.165, 1.54) is 5.56 Å². The van der Waals surface area contributed by atoms with E-state index in [9.17, 15) is 0 Å². The molecule has 1 aliphatic heterocycles. The summed E-state index contributed by atoms with van der Waals surface area (Å²) in [5, 5.41) is 3.38. The molecule has 0 bridgehead atoms. The van der Waals surface area contributed by atoms with Crippen LogP contribution >= 0.6 is 15.9 Å². The van der Waals surface area contributed by atoms with Crippen LogP contribution in [-0.4, -0.2) is 25.9 Å². The van der Waals surface area contributed by atoms with E-state index in [-0.39, 0.29) is 12.1 Å². The Bertz CT molecular complexity index is 425. The third kappa shape index (κ3) is 3.50. The average molecular weight is 328 g/mol. The fourth-order valence-corrected chi connectivity index (χ4v) is 3.24. The molecule has 2 rings (SSSR count). The Kier molecular flexibility index (Phi) is 5.25. The van der Waals surface area contributed by atoms with Crippen LogP contribution in [-0.2, 0) is 4.74 Å². The molecule has 3 nitrogen and oxygen atoms in total. The Morgan fingerprint density at radius 1 is 1.47 bits per heavy atom. The van der Waals surface area contributed by atoms with E-state index in [4.69, 9.17) is 9.47 Å². The first kappa shape index (κ1) is 14.8. The highest BCUT2D eigenvalue weighted by Crippen LogP contribution is 2.34. The predicted octanol–water partition coefficient (Wildman–Crippen LogP) is 3.68. The van der Waals surface area contributed by atoms with E-state index < -0.39 is 0 Å². The van der Waals surface area contributed by atoms with E-state index in [2.05, 4.69) is 34.2 Å². The van der Waals surface area contributed by atoms with Crippen LogP contribution in [0.5, 0.6) is 5.75 Å². The van der Waals surface area contributed by atoms with Gasteiger partial charge >= 0.3 is 0 Å². The van der Waals surface area contributed by atoms with Gasteiger partial charge in [0, 0.05) is 4.47 Å². The zero-order chi connectivity index (χ0) is 13.8. The number of rotatable bonds is 5. The number of hydrogen-bond donors (Lipinski definition) is 1. The monoisotopic (exact) mass is 327 g/mol. The summed E-state index contributed by atoms with van der Waals surface area (Å²) in [6.45, 7) is 4.82.